The average Bonchev–Trinajstić information content (AvgIpc) is 3.02. The largest absolute Gasteiger partial charge is 0.312 e. The number of aryl methyl sites for hydroxylation is 1. The molecule has 112 valence electrons. The number of nitrogens with zero attached hydrogens (tertiary/aromatic N) is 2. The van der Waals surface area contributed by atoms with E-state index in [9.17, 15) is 0 Å². The second-order valence-corrected chi connectivity index (χ2v) is 6.22. The molecule has 3 rings (SSSR count). The molecule has 22 heavy (non-hydrogen) atoms. The quantitative estimate of drug-likeness (QED) is 0.703. The van der Waals surface area contributed by atoms with E-state index in [1.165, 1.54) is 21.7 Å². The van der Waals surface area contributed by atoms with Gasteiger partial charge >= 0.3 is 0 Å². The zero-order valence-electron chi connectivity index (χ0n) is 12.6. The number of aromatic nitrogens is 2. The minimum Gasteiger partial charge on any atom is -0.312 e. The summed E-state index contributed by atoms with van der Waals surface area (Å²) in [4.78, 5) is 8.84. The molecule has 2 heterocycles. The Bertz CT molecular complexity index is 705. The lowest BCUT2D eigenvalue weighted by Crippen LogP contribution is -2.16. The molecule has 3 aromatic rings. The van der Waals surface area contributed by atoms with E-state index in [1.807, 2.05) is 12.3 Å². The Kier molecular flexibility index (Phi) is 4.93. The van der Waals surface area contributed by atoms with E-state index in [2.05, 4.69) is 52.9 Å². The van der Waals surface area contributed by atoms with Crippen molar-refractivity contribution in [1.29, 1.82) is 0 Å². The predicted molar refractivity (Wildman–Crippen MR) is 91.9 cm³/mol. The van der Waals surface area contributed by atoms with Crippen molar-refractivity contribution < 1.29 is 0 Å². The van der Waals surface area contributed by atoms with E-state index < -0.39 is 0 Å². The first-order valence-electron chi connectivity index (χ1n) is 7.42. The Hall–Kier alpha value is -2.04. The fourth-order valence-electron chi connectivity index (χ4n) is 2.21. The van der Waals surface area contributed by atoms with Gasteiger partial charge in [0.25, 0.3) is 0 Å². The second kappa shape index (κ2) is 7.29. The number of nitrogens with one attached hydrogen (secondary N) is 1. The van der Waals surface area contributed by atoms with Crippen LogP contribution in [-0.2, 0) is 13.0 Å². The van der Waals surface area contributed by atoms with Gasteiger partial charge in [-0.3, -0.25) is 4.98 Å². The Morgan fingerprint density at radius 2 is 2.00 bits per heavy atom. The van der Waals surface area contributed by atoms with Crippen LogP contribution in [0.1, 0.15) is 16.1 Å². The first-order chi connectivity index (χ1) is 10.8. The molecule has 0 atom stereocenters. The van der Waals surface area contributed by atoms with Crippen molar-refractivity contribution in [3.05, 3.63) is 70.3 Å². The third-order valence-corrected chi connectivity index (χ3v) is 4.38. The number of hydrogen-bond acceptors (Lipinski definition) is 4. The number of pyridine rings is 1. The maximum Gasteiger partial charge on any atom is 0.0945 e. The maximum atomic E-state index is 4.72. The number of hydrogen-bond donors (Lipinski definition) is 1. The van der Waals surface area contributed by atoms with Gasteiger partial charge in [0, 0.05) is 42.8 Å². The molecule has 0 saturated heterocycles. The van der Waals surface area contributed by atoms with Crippen LogP contribution < -0.4 is 5.32 Å². The highest BCUT2D eigenvalue weighted by Crippen LogP contribution is 2.22. The summed E-state index contributed by atoms with van der Waals surface area (Å²) in [6, 6.07) is 12.6. The van der Waals surface area contributed by atoms with Crippen molar-refractivity contribution in [2.45, 2.75) is 19.9 Å². The zero-order valence-corrected chi connectivity index (χ0v) is 13.4. The summed E-state index contributed by atoms with van der Waals surface area (Å²) in [6.07, 6.45) is 4.65. The predicted octanol–water partition coefficient (Wildman–Crippen LogP) is 3.85. The second-order valence-electron chi connectivity index (χ2n) is 5.28. The standard InChI is InChI=1S/C18H19N3S/c1-14-4-6-16(7-5-14)17-13-22-18(21-17)8-10-20-12-15-3-2-9-19-11-15/h2-7,9,11,13,20H,8,10,12H2,1H3. The molecule has 0 unspecified atom stereocenters. The van der Waals surface area contributed by atoms with Gasteiger partial charge in [-0.05, 0) is 18.6 Å². The third-order valence-electron chi connectivity index (χ3n) is 3.47. The van der Waals surface area contributed by atoms with E-state index in [0.717, 1.165) is 25.2 Å². The van der Waals surface area contributed by atoms with Crippen LogP contribution in [0.25, 0.3) is 11.3 Å². The fourth-order valence-corrected chi connectivity index (χ4v) is 3.02. The van der Waals surface area contributed by atoms with Gasteiger partial charge in [0.2, 0.25) is 0 Å². The minimum absolute atomic E-state index is 0.851. The average molecular weight is 309 g/mol. The van der Waals surface area contributed by atoms with Crippen molar-refractivity contribution in [3.63, 3.8) is 0 Å². The molecule has 4 heteroatoms. The topological polar surface area (TPSA) is 37.8 Å². The van der Waals surface area contributed by atoms with E-state index in [1.54, 1.807) is 17.5 Å². The first-order valence-corrected chi connectivity index (χ1v) is 8.30. The monoisotopic (exact) mass is 309 g/mol. The number of thiazole rings is 1. The summed E-state index contributed by atoms with van der Waals surface area (Å²) >= 11 is 1.73. The highest BCUT2D eigenvalue weighted by Gasteiger charge is 2.04. The molecule has 0 bridgehead atoms. The Labute approximate surface area is 135 Å². The van der Waals surface area contributed by atoms with Crippen LogP contribution in [0.4, 0.5) is 0 Å². The van der Waals surface area contributed by atoms with Gasteiger partial charge in [-0.15, -0.1) is 11.3 Å². The normalized spacial score (nSPS) is 10.8. The van der Waals surface area contributed by atoms with Crippen molar-refractivity contribution in [3.8, 4) is 11.3 Å². The Morgan fingerprint density at radius 3 is 2.77 bits per heavy atom. The molecule has 0 aliphatic carbocycles. The molecule has 0 aliphatic rings. The van der Waals surface area contributed by atoms with E-state index >= 15 is 0 Å². The summed E-state index contributed by atoms with van der Waals surface area (Å²) < 4.78 is 0. The highest BCUT2D eigenvalue weighted by molar-refractivity contribution is 7.09. The van der Waals surface area contributed by atoms with Crippen LogP contribution in [0.5, 0.6) is 0 Å². The maximum absolute atomic E-state index is 4.72. The van der Waals surface area contributed by atoms with Crippen LogP contribution >= 0.6 is 11.3 Å². The molecule has 3 nitrogen and oxygen atoms in total. The van der Waals surface area contributed by atoms with Crippen molar-refractivity contribution in [2.24, 2.45) is 0 Å². The zero-order chi connectivity index (χ0) is 15.2. The Balaban J connectivity index is 1.50. The molecule has 0 amide bonds. The molecule has 1 N–H and O–H groups in total. The van der Waals surface area contributed by atoms with E-state index in [4.69, 9.17) is 4.98 Å². The van der Waals surface area contributed by atoms with Crippen LogP contribution in [0.2, 0.25) is 0 Å². The van der Waals surface area contributed by atoms with Crippen molar-refractivity contribution >= 4 is 11.3 Å². The summed E-state index contributed by atoms with van der Waals surface area (Å²) in [6.45, 7) is 3.88. The molecular formula is C18H19N3S. The van der Waals surface area contributed by atoms with Gasteiger partial charge < -0.3 is 5.32 Å². The molecule has 0 spiro atoms. The third kappa shape index (κ3) is 4.00. The SMILES string of the molecule is Cc1ccc(-c2csc(CCNCc3cccnc3)n2)cc1. The summed E-state index contributed by atoms with van der Waals surface area (Å²) in [5.41, 5.74) is 4.75. The van der Waals surface area contributed by atoms with Gasteiger partial charge in [-0.25, -0.2) is 4.98 Å². The molecule has 0 aliphatic heterocycles. The van der Waals surface area contributed by atoms with Crippen LogP contribution in [0.3, 0.4) is 0 Å². The fraction of sp³-hybridized carbons (Fsp3) is 0.222. The van der Waals surface area contributed by atoms with Gasteiger partial charge in [0.15, 0.2) is 0 Å². The minimum atomic E-state index is 0.851. The first kappa shape index (κ1) is 14.9. The van der Waals surface area contributed by atoms with Crippen LogP contribution in [-0.4, -0.2) is 16.5 Å². The van der Waals surface area contributed by atoms with Crippen molar-refractivity contribution in [2.75, 3.05) is 6.54 Å². The molecular weight excluding hydrogens is 290 g/mol. The lowest BCUT2D eigenvalue weighted by Gasteiger charge is -2.02. The van der Waals surface area contributed by atoms with E-state index in [0.29, 0.717) is 0 Å². The van der Waals surface area contributed by atoms with Crippen molar-refractivity contribution in [1.82, 2.24) is 15.3 Å². The highest BCUT2D eigenvalue weighted by atomic mass is 32.1. The molecule has 1 aromatic carbocycles. The lowest BCUT2D eigenvalue weighted by atomic mass is 10.1. The van der Waals surface area contributed by atoms with E-state index in [-0.39, 0.29) is 0 Å². The van der Waals surface area contributed by atoms with Crippen LogP contribution in [0.15, 0.2) is 54.2 Å². The smallest absolute Gasteiger partial charge is 0.0945 e. The van der Waals surface area contributed by atoms with Gasteiger partial charge in [0.1, 0.15) is 0 Å². The number of rotatable bonds is 6. The lowest BCUT2D eigenvalue weighted by molar-refractivity contribution is 0.684. The van der Waals surface area contributed by atoms with Gasteiger partial charge in [-0.2, -0.15) is 0 Å². The number of benzene rings is 1. The summed E-state index contributed by atoms with van der Waals surface area (Å²) in [5.74, 6) is 0. The molecule has 0 fully saturated rings. The summed E-state index contributed by atoms with van der Waals surface area (Å²) in [7, 11) is 0. The van der Waals surface area contributed by atoms with Gasteiger partial charge in [-0.1, -0.05) is 35.9 Å². The van der Waals surface area contributed by atoms with Crippen LogP contribution in [0, 0.1) is 6.92 Å². The van der Waals surface area contributed by atoms with Gasteiger partial charge in [0.05, 0.1) is 10.7 Å². The molecule has 2 aromatic heterocycles. The molecule has 0 saturated carbocycles. The Morgan fingerprint density at radius 1 is 1.14 bits per heavy atom. The summed E-state index contributed by atoms with van der Waals surface area (Å²) in [5, 5.41) is 6.75. The molecule has 0 radical (unpaired) electrons.